The molecule has 0 saturated carbocycles. The van der Waals surface area contributed by atoms with Crippen molar-refractivity contribution in [2.24, 2.45) is 0 Å². The molecule has 6 nitrogen and oxygen atoms in total. The number of hydrogen-bond donors (Lipinski definition) is 2. The third-order valence-electron chi connectivity index (χ3n) is 2.84. The maximum Gasteiger partial charge on any atom is 0.192 e. The summed E-state index contributed by atoms with van der Waals surface area (Å²) >= 11 is 0. The lowest BCUT2D eigenvalue weighted by atomic mass is 10.2. The summed E-state index contributed by atoms with van der Waals surface area (Å²) in [5.74, 6) is 1.57. The van der Waals surface area contributed by atoms with Gasteiger partial charge in [0.2, 0.25) is 0 Å². The van der Waals surface area contributed by atoms with Crippen LogP contribution in [0.3, 0.4) is 0 Å². The molecule has 0 aromatic heterocycles. The summed E-state index contributed by atoms with van der Waals surface area (Å²) in [6.07, 6.45) is 0. The van der Waals surface area contributed by atoms with E-state index in [1.165, 1.54) is 19.2 Å². The van der Waals surface area contributed by atoms with E-state index in [0.717, 1.165) is 0 Å². The van der Waals surface area contributed by atoms with E-state index in [4.69, 9.17) is 30.3 Å². The minimum absolute atomic E-state index is 0.0661. The molecule has 22 heavy (non-hydrogen) atoms. The number of ether oxygens (including phenoxy) is 3. The Morgan fingerprint density at radius 1 is 1.18 bits per heavy atom. The highest BCUT2D eigenvalue weighted by atomic mass is 16.5. The number of rotatable bonds is 6. The summed E-state index contributed by atoms with van der Waals surface area (Å²) in [6, 6.07) is 12.1. The van der Waals surface area contributed by atoms with Gasteiger partial charge in [0, 0.05) is 6.07 Å². The van der Waals surface area contributed by atoms with Gasteiger partial charge in [0.05, 0.1) is 31.0 Å². The van der Waals surface area contributed by atoms with Crippen LogP contribution in [-0.4, -0.2) is 25.4 Å². The van der Waals surface area contributed by atoms with E-state index in [0.29, 0.717) is 17.1 Å². The van der Waals surface area contributed by atoms with Crippen LogP contribution in [0.25, 0.3) is 0 Å². The van der Waals surface area contributed by atoms with Gasteiger partial charge in [-0.25, -0.2) is 0 Å². The molecular weight excluding hydrogens is 284 g/mol. The van der Waals surface area contributed by atoms with Crippen molar-refractivity contribution in [2.75, 3.05) is 26.1 Å². The molecule has 3 N–H and O–H groups in total. The number of nitrogens with zero attached hydrogens (tertiary/aromatic N) is 1. The zero-order valence-corrected chi connectivity index (χ0v) is 12.1. The Labute approximate surface area is 128 Å². The number of aliphatic hydroxyl groups excluding tert-OH is 1. The van der Waals surface area contributed by atoms with Gasteiger partial charge in [-0.05, 0) is 18.2 Å². The van der Waals surface area contributed by atoms with Crippen LogP contribution in [-0.2, 0) is 0 Å². The van der Waals surface area contributed by atoms with Crippen LogP contribution in [0.15, 0.2) is 36.4 Å². The van der Waals surface area contributed by atoms with Crippen LogP contribution >= 0.6 is 0 Å². The molecule has 0 heterocycles. The molecule has 0 fully saturated rings. The van der Waals surface area contributed by atoms with Crippen LogP contribution in [0.4, 0.5) is 5.69 Å². The highest BCUT2D eigenvalue weighted by Gasteiger charge is 2.15. The highest BCUT2D eigenvalue weighted by Crippen LogP contribution is 2.40. The fraction of sp³-hybridized carbons (Fsp3) is 0.188. The third-order valence-corrected chi connectivity index (χ3v) is 2.84. The van der Waals surface area contributed by atoms with Crippen molar-refractivity contribution < 1.29 is 19.3 Å². The van der Waals surface area contributed by atoms with Crippen molar-refractivity contribution in [1.29, 1.82) is 5.26 Å². The zero-order chi connectivity index (χ0) is 15.9. The molecule has 0 bridgehead atoms. The lowest BCUT2D eigenvalue weighted by molar-refractivity contribution is 0.197. The molecule has 2 aromatic carbocycles. The second kappa shape index (κ2) is 7.20. The maximum absolute atomic E-state index is 9.00. The van der Waals surface area contributed by atoms with Gasteiger partial charge in [0.15, 0.2) is 23.0 Å². The summed E-state index contributed by atoms with van der Waals surface area (Å²) in [5, 5.41) is 17.9. The molecule has 2 aromatic rings. The summed E-state index contributed by atoms with van der Waals surface area (Å²) in [6.45, 7) is -0.0958. The molecule has 0 saturated heterocycles. The second-order valence-corrected chi connectivity index (χ2v) is 4.33. The molecule has 0 atom stereocenters. The minimum atomic E-state index is -0.162. The molecule has 0 amide bonds. The summed E-state index contributed by atoms with van der Waals surface area (Å²) in [7, 11) is 1.54. The molecule has 0 radical (unpaired) electrons. The Bertz CT molecular complexity index is 695. The predicted octanol–water partition coefficient (Wildman–Crippen LogP) is 2.31. The molecule has 0 aliphatic rings. The van der Waals surface area contributed by atoms with Gasteiger partial charge in [-0.3, -0.25) is 0 Å². The first-order valence-electron chi connectivity index (χ1n) is 6.57. The van der Waals surface area contributed by atoms with Gasteiger partial charge in [-0.15, -0.1) is 0 Å². The highest BCUT2D eigenvalue weighted by molar-refractivity contribution is 5.65. The number of hydrogen-bond acceptors (Lipinski definition) is 6. The number of para-hydroxylation sites is 2. The van der Waals surface area contributed by atoms with Crippen molar-refractivity contribution in [2.45, 2.75) is 0 Å². The Balaban J connectivity index is 2.42. The summed E-state index contributed by atoms with van der Waals surface area (Å²) in [4.78, 5) is 0. The molecule has 2 rings (SSSR count). The van der Waals surface area contributed by atoms with E-state index >= 15 is 0 Å². The molecule has 6 heteroatoms. The first-order chi connectivity index (χ1) is 10.7. The Morgan fingerprint density at radius 3 is 2.55 bits per heavy atom. The van der Waals surface area contributed by atoms with Crippen LogP contribution in [0.5, 0.6) is 23.0 Å². The van der Waals surface area contributed by atoms with Gasteiger partial charge >= 0.3 is 0 Å². The normalized spacial score (nSPS) is 9.86. The Kier molecular flexibility index (Phi) is 5.07. The second-order valence-electron chi connectivity index (χ2n) is 4.33. The van der Waals surface area contributed by atoms with E-state index in [2.05, 4.69) is 0 Å². The average molecular weight is 300 g/mol. The molecule has 0 spiro atoms. The fourth-order valence-electron chi connectivity index (χ4n) is 1.87. The van der Waals surface area contributed by atoms with Gasteiger partial charge in [-0.2, -0.15) is 5.26 Å². The first kappa shape index (κ1) is 15.5. The smallest absolute Gasteiger partial charge is 0.192 e. The monoisotopic (exact) mass is 300 g/mol. The average Bonchev–Trinajstić information content (AvgIpc) is 2.55. The Morgan fingerprint density at radius 2 is 1.91 bits per heavy atom. The molecule has 0 aliphatic carbocycles. The largest absolute Gasteiger partial charge is 0.493 e. The minimum Gasteiger partial charge on any atom is -0.493 e. The lowest BCUT2D eigenvalue weighted by Crippen LogP contribution is -2.05. The number of anilines is 1. The van der Waals surface area contributed by atoms with E-state index in [9.17, 15) is 0 Å². The van der Waals surface area contributed by atoms with Crippen molar-refractivity contribution in [3.8, 4) is 29.1 Å². The van der Waals surface area contributed by atoms with Crippen molar-refractivity contribution in [1.82, 2.24) is 0 Å². The molecule has 0 unspecified atom stereocenters. The van der Waals surface area contributed by atoms with E-state index in [-0.39, 0.29) is 30.4 Å². The number of benzene rings is 2. The number of nitrogen functional groups attached to an aromatic ring is 1. The standard InChI is InChI=1S/C16H16N2O4/c1-20-13-4-2-3-5-14(13)22-16-12(18)8-11(10-17)9-15(16)21-7-6-19/h2-5,8-9,19H,6-7,18H2,1H3. The Hall–Kier alpha value is -2.91. The third kappa shape index (κ3) is 3.40. The predicted molar refractivity (Wildman–Crippen MR) is 81.2 cm³/mol. The van der Waals surface area contributed by atoms with Gasteiger partial charge in [0.25, 0.3) is 0 Å². The van der Waals surface area contributed by atoms with Gasteiger partial charge in [-0.1, -0.05) is 12.1 Å². The molecule has 0 aliphatic heterocycles. The zero-order valence-electron chi connectivity index (χ0n) is 12.1. The van der Waals surface area contributed by atoms with Crippen LogP contribution in [0.2, 0.25) is 0 Å². The number of nitrogens with two attached hydrogens (primary N) is 1. The fourth-order valence-corrected chi connectivity index (χ4v) is 1.87. The van der Waals surface area contributed by atoms with Crippen molar-refractivity contribution in [3.63, 3.8) is 0 Å². The summed E-state index contributed by atoms with van der Waals surface area (Å²) < 4.78 is 16.4. The number of nitriles is 1. The number of methoxy groups -OCH3 is 1. The molecular formula is C16H16N2O4. The quantitative estimate of drug-likeness (QED) is 0.794. The van der Waals surface area contributed by atoms with Crippen LogP contribution in [0.1, 0.15) is 5.56 Å². The maximum atomic E-state index is 9.00. The van der Waals surface area contributed by atoms with Gasteiger partial charge in [0.1, 0.15) is 6.61 Å². The number of aliphatic hydroxyl groups is 1. The summed E-state index contributed by atoms with van der Waals surface area (Å²) in [5.41, 5.74) is 6.56. The van der Waals surface area contributed by atoms with Gasteiger partial charge < -0.3 is 25.1 Å². The van der Waals surface area contributed by atoms with Crippen molar-refractivity contribution in [3.05, 3.63) is 42.0 Å². The van der Waals surface area contributed by atoms with Crippen LogP contribution in [0, 0.1) is 11.3 Å². The SMILES string of the molecule is COc1ccccc1Oc1c(N)cc(C#N)cc1OCCO. The van der Waals surface area contributed by atoms with Crippen molar-refractivity contribution >= 4 is 5.69 Å². The molecule has 114 valence electrons. The van der Waals surface area contributed by atoms with E-state index in [1.54, 1.807) is 18.2 Å². The lowest BCUT2D eigenvalue weighted by Gasteiger charge is -2.16. The first-order valence-corrected chi connectivity index (χ1v) is 6.57. The van der Waals surface area contributed by atoms with Crippen LogP contribution < -0.4 is 19.9 Å². The van der Waals surface area contributed by atoms with E-state index in [1.807, 2.05) is 12.1 Å². The van der Waals surface area contributed by atoms with E-state index < -0.39 is 0 Å². The topological polar surface area (TPSA) is 97.7 Å².